The second kappa shape index (κ2) is 4.99. The van der Waals surface area contributed by atoms with E-state index in [4.69, 9.17) is 11.0 Å². The van der Waals surface area contributed by atoms with Gasteiger partial charge >= 0.3 is 0 Å². The van der Waals surface area contributed by atoms with Crippen molar-refractivity contribution in [1.29, 1.82) is 5.26 Å². The van der Waals surface area contributed by atoms with E-state index in [0.717, 1.165) is 5.56 Å². The van der Waals surface area contributed by atoms with Crippen molar-refractivity contribution in [2.75, 3.05) is 0 Å². The molecule has 0 aliphatic rings. The Kier molecular flexibility index (Phi) is 3.67. The molecule has 0 radical (unpaired) electrons. The second-order valence-electron chi connectivity index (χ2n) is 3.37. The van der Waals surface area contributed by atoms with Crippen LogP contribution in [0.3, 0.4) is 0 Å². The van der Waals surface area contributed by atoms with Gasteiger partial charge in [-0.1, -0.05) is 37.3 Å². The van der Waals surface area contributed by atoms with Crippen LogP contribution in [0.15, 0.2) is 41.7 Å². The summed E-state index contributed by atoms with van der Waals surface area (Å²) in [5, 5.41) is 18.5. The highest BCUT2D eigenvalue weighted by molar-refractivity contribution is 5.96. The van der Waals surface area contributed by atoms with E-state index in [0.29, 0.717) is 0 Å². The molecule has 0 bridgehead atoms. The number of allylic oxidation sites excluding steroid dienone is 1. The summed E-state index contributed by atoms with van der Waals surface area (Å²) in [6.07, 6.45) is 0. The van der Waals surface area contributed by atoms with Crippen molar-refractivity contribution in [3.63, 3.8) is 0 Å². The Morgan fingerprint density at radius 3 is 2.44 bits per heavy atom. The monoisotopic (exact) mass is 216 g/mol. The maximum Gasteiger partial charge on any atom is 0.262 e. The van der Waals surface area contributed by atoms with Gasteiger partial charge in [-0.25, -0.2) is 0 Å². The van der Waals surface area contributed by atoms with E-state index in [-0.39, 0.29) is 5.76 Å². The normalized spacial score (nSPS) is 13.5. The standard InChI is InChI=1S/C12H12N2O2/c1-8(9-5-3-2-4-6-9)11(15)10(7-13)12(14)16/h2-6,8,15H,1H3,(H2,14,16)/b11-10-. The number of hydrogen-bond acceptors (Lipinski definition) is 3. The maximum atomic E-state index is 10.9. The molecule has 4 nitrogen and oxygen atoms in total. The van der Waals surface area contributed by atoms with Gasteiger partial charge in [0, 0.05) is 5.92 Å². The van der Waals surface area contributed by atoms with Crippen molar-refractivity contribution < 1.29 is 9.90 Å². The lowest BCUT2D eigenvalue weighted by molar-refractivity contribution is -0.114. The number of nitrogens with zero attached hydrogens (tertiary/aromatic N) is 1. The highest BCUT2D eigenvalue weighted by atomic mass is 16.3. The molecular formula is C12H12N2O2. The number of rotatable bonds is 3. The van der Waals surface area contributed by atoms with Crippen LogP contribution in [-0.4, -0.2) is 11.0 Å². The van der Waals surface area contributed by atoms with Gasteiger partial charge in [-0.3, -0.25) is 4.79 Å². The average molecular weight is 216 g/mol. The minimum atomic E-state index is -0.914. The van der Waals surface area contributed by atoms with Crippen LogP contribution < -0.4 is 5.73 Å². The van der Waals surface area contributed by atoms with Gasteiger partial charge in [0.15, 0.2) is 5.57 Å². The third kappa shape index (κ3) is 2.39. The number of benzene rings is 1. The topological polar surface area (TPSA) is 87.1 Å². The zero-order valence-electron chi connectivity index (χ0n) is 8.84. The second-order valence-corrected chi connectivity index (χ2v) is 3.37. The van der Waals surface area contributed by atoms with E-state index in [9.17, 15) is 9.90 Å². The third-order valence-electron chi connectivity index (χ3n) is 2.32. The van der Waals surface area contributed by atoms with Crippen molar-refractivity contribution in [2.24, 2.45) is 5.73 Å². The third-order valence-corrected chi connectivity index (χ3v) is 2.32. The summed E-state index contributed by atoms with van der Waals surface area (Å²) in [6, 6.07) is 10.7. The van der Waals surface area contributed by atoms with Crippen LogP contribution in [0.25, 0.3) is 0 Å². The van der Waals surface area contributed by atoms with Gasteiger partial charge in [0.2, 0.25) is 0 Å². The van der Waals surface area contributed by atoms with Gasteiger partial charge in [0.1, 0.15) is 11.8 Å². The Hall–Kier alpha value is -2.28. The summed E-state index contributed by atoms with van der Waals surface area (Å²) >= 11 is 0. The minimum Gasteiger partial charge on any atom is -0.510 e. The number of amides is 1. The lowest BCUT2D eigenvalue weighted by atomic mass is 9.96. The molecule has 0 heterocycles. The van der Waals surface area contributed by atoms with Crippen molar-refractivity contribution in [3.05, 3.63) is 47.2 Å². The number of carbonyl (C=O) groups is 1. The van der Waals surface area contributed by atoms with Gasteiger partial charge in [-0.2, -0.15) is 5.26 Å². The maximum absolute atomic E-state index is 10.9. The molecule has 1 atom stereocenters. The lowest BCUT2D eigenvalue weighted by Crippen LogP contribution is -2.16. The molecule has 0 saturated heterocycles. The van der Waals surface area contributed by atoms with E-state index in [1.807, 2.05) is 18.2 Å². The van der Waals surface area contributed by atoms with Crippen LogP contribution in [0, 0.1) is 11.3 Å². The predicted molar refractivity (Wildman–Crippen MR) is 59.3 cm³/mol. The van der Waals surface area contributed by atoms with Crippen molar-refractivity contribution in [2.45, 2.75) is 12.8 Å². The van der Waals surface area contributed by atoms with E-state index < -0.39 is 17.4 Å². The fraction of sp³-hybridized carbons (Fsp3) is 0.167. The molecule has 0 aliphatic heterocycles. The van der Waals surface area contributed by atoms with E-state index >= 15 is 0 Å². The summed E-state index contributed by atoms with van der Waals surface area (Å²) in [5.41, 5.74) is 5.41. The molecule has 16 heavy (non-hydrogen) atoms. The summed E-state index contributed by atoms with van der Waals surface area (Å²) in [4.78, 5) is 10.9. The number of hydrogen-bond donors (Lipinski definition) is 2. The molecule has 0 fully saturated rings. The largest absolute Gasteiger partial charge is 0.510 e. The molecule has 1 aromatic rings. The molecule has 0 spiro atoms. The van der Waals surface area contributed by atoms with Crippen LogP contribution in [0.4, 0.5) is 0 Å². The van der Waals surface area contributed by atoms with Crippen molar-refractivity contribution in [3.8, 4) is 6.07 Å². The molecule has 3 N–H and O–H groups in total. The highest BCUT2D eigenvalue weighted by Crippen LogP contribution is 2.23. The summed E-state index contributed by atoms with van der Waals surface area (Å²) in [7, 11) is 0. The molecule has 4 heteroatoms. The Morgan fingerprint density at radius 1 is 1.44 bits per heavy atom. The van der Waals surface area contributed by atoms with Gasteiger partial charge in [-0.05, 0) is 5.56 Å². The van der Waals surface area contributed by atoms with Crippen LogP contribution in [0.5, 0.6) is 0 Å². The Labute approximate surface area is 93.6 Å². The van der Waals surface area contributed by atoms with Gasteiger partial charge < -0.3 is 10.8 Å². The Bertz CT molecular complexity index is 458. The van der Waals surface area contributed by atoms with Crippen molar-refractivity contribution >= 4 is 5.91 Å². The number of aliphatic hydroxyl groups excluding tert-OH is 1. The zero-order valence-corrected chi connectivity index (χ0v) is 8.84. The molecular weight excluding hydrogens is 204 g/mol. The first-order valence-corrected chi connectivity index (χ1v) is 4.76. The molecule has 1 aromatic carbocycles. The smallest absolute Gasteiger partial charge is 0.262 e. The predicted octanol–water partition coefficient (Wildman–Crippen LogP) is 1.61. The Balaban J connectivity index is 3.12. The van der Waals surface area contributed by atoms with E-state index in [1.54, 1.807) is 25.1 Å². The number of nitrogens with two attached hydrogens (primary N) is 1. The van der Waals surface area contributed by atoms with Crippen LogP contribution >= 0.6 is 0 Å². The molecule has 1 unspecified atom stereocenters. The molecule has 0 saturated carbocycles. The zero-order chi connectivity index (χ0) is 12.1. The minimum absolute atomic E-state index is 0.291. The van der Waals surface area contributed by atoms with E-state index in [2.05, 4.69) is 0 Å². The van der Waals surface area contributed by atoms with Crippen molar-refractivity contribution in [1.82, 2.24) is 0 Å². The van der Waals surface area contributed by atoms with Gasteiger partial charge in [0.05, 0.1) is 0 Å². The number of primary amides is 1. The van der Waals surface area contributed by atoms with E-state index in [1.165, 1.54) is 0 Å². The summed E-state index contributed by atoms with van der Waals surface area (Å²) in [5.74, 6) is -1.63. The molecule has 1 rings (SSSR count). The molecule has 1 amide bonds. The van der Waals surface area contributed by atoms with Crippen LogP contribution in [0.2, 0.25) is 0 Å². The summed E-state index contributed by atoms with van der Waals surface area (Å²) < 4.78 is 0. The molecule has 0 aromatic heterocycles. The summed E-state index contributed by atoms with van der Waals surface area (Å²) in [6.45, 7) is 1.70. The first-order valence-electron chi connectivity index (χ1n) is 4.76. The van der Waals surface area contributed by atoms with Crippen LogP contribution in [0.1, 0.15) is 18.4 Å². The number of carbonyl (C=O) groups excluding carboxylic acids is 1. The van der Waals surface area contributed by atoms with Gasteiger partial charge in [-0.15, -0.1) is 0 Å². The number of aliphatic hydroxyl groups is 1. The average Bonchev–Trinajstić information content (AvgIpc) is 2.29. The quantitative estimate of drug-likeness (QED) is 0.457. The molecule has 0 aliphatic carbocycles. The number of nitriles is 1. The Morgan fingerprint density at radius 2 is 2.00 bits per heavy atom. The molecule has 82 valence electrons. The first kappa shape index (κ1) is 11.8. The lowest BCUT2D eigenvalue weighted by Gasteiger charge is -2.11. The van der Waals surface area contributed by atoms with Crippen LogP contribution in [-0.2, 0) is 4.79 Å². The fourth-order valence-electron chi connectivity index (χ4n) is 1.35. The fourth-order valence-corrected chi connectivity index (χ4v) is 1.35. The van der Waals surface area contributed by atoms with Gasteiger partial charge in [0.25, 0.3) is 5.91 Å². The highest BCUT2D eigenvalue weighted by Gasteiger charge is 2.18. The first-order chi connectivity index (χ1) is 7.57. The SMILES string of the molecule is CC(/C(O)=C(\C#N)C(N)=O)c1ccccc1.